The molecule has 1 amide bonds. The highest BCUT2D eigenvalue weighted by molar-refractivity contribution is 7.07. The SMILES string of the molecule is COC(=O)Nc1ccc(NCc2cscn2)cc1. The average molecular weight is 263 g/mol. The van der Waals surface area contributed by atoms with Gasteiger partial charge in [0.1, 0.15) is 0 Å². The quantitative estimate of drug-likeness (QED) is 0.890. The van der Waals surface area contributed by atoms with E-state index in [1.54, 1.807) is 29.0 Å². The molecule has 94 valence electrons. The lowest BCUT2D eigenvalue weighted by Gasteiger charge is -2.07. The minimum absolute atomic E-state index is 0.474. The van der Waals surface area contributed by atoms with E-state index < -0.39 is 6.09 Å². The van der Waals surface area contributed by atoms with E-state index in [9.17, 15) is 4.79 Å². The highest BCUT2D eigenvalue weighted by Crippen LogP contribution is 2.14. The van der Waals surface area contributed by atoms with Crippen molar-refractivity contribution in [2.75, 3.05) is 17.7 Å². The Morgan fingerprint density at radius 3 is 2.67 bits per heavy atom. The van der Waals surface area contributed by atoms with Crippen molar-refractivity contribution in [3.63, 3.8) is 0 Å². The summed E-state index contributed by atoms with van der Waals surface area (Å²) in [5.41, 5.74) is 4.48. The zero-order valence-electron chi connectivity index (χ0n) is 9.84. The Hall–Kier alpha value is -2.08. The van der Waals surface area contributed by atoms with E-state index in [-0.39, 0.29) is 0 Å². The predicted octanol–water partition coefficient (Wildman–Crippen LogP) is 2.93. The first-order valence-corrected chi connectivity index (χ1v) is 6.28. The molecule has 2 rings (SSSR count). The van der Waals surface area contributed by atoms with E-state index in [4.69, 9.17) is 0 Å². The molecule has 0 aliphatic heterocycles. The third kappa shape index (κ3) is 3.46. The van der Waals surface area contributed by atoms with Gasteiger partial charge in [0.2, 0.25) is 0 Å². The Balaban J connectivity index is 1.89. The molecule has 0 aliphatic carbocycles. The molecular formula is C12H13N3O2S. The molecule has 1 heterocycles. The lowest BCUT2D eigenvalue weighted by molar-refractivity contribution is 0.187. The number of amides is 1. The summed E-state index contributed by atoms with van der Waals surface area (Å²) in [6.45, 7) is 0.688. The molecule has 0 aliphatic rings. The number of carbonyl (C=O) groups is 1. The maximum absolute atomic E-state index is 11.0. The van der Waals surface area contributed by atoms with Gasteiger partial charge in [-0.15, -0.1) is 11.3 Å². The van der Waals surface area contributed by atoms with Crippen LogP contribution in [0.5, 0.6) is 0 Å². The van der Waals surface area contributed by atoms with Crippen molar-refractivity contribution in [1.82, 2.24) is 4.98 Å². The number of aromatic nitrogens is 1. The number of hydrogen-bond acceptors (Lipinski definition) is 5. The molecule has 0 saturated carbocycles. The zero-order chi connectivity index (χ0) is 12.8. The Labute approximate surface area is 109 Å². The number of rotatable bonds is 4. The first-order chi connectivity index (χ1) is 8.78. The molecule has 1 aromatic heterocycles. The second kappa shape index (κ2) is 6.02. The monoisotopic (exact) mass is 263 g/mol. The zero-order valence-corrected chi connectivity index (χ0v) is 10.7. The van der Waals surface area contributed by atoms with E-state index in [0.717, 1.165) is 11.4 Å². The van der Waals surface area contributed by atoms with Gasteiger partial charge in [0, 0.05) is 16.8 Å². The molecule has 18 heavy (non-hydrogen) atoms. The summed E-state index contributed by atoms with van der Waals surface area (Å²) < 4.78 is 4.51. The molecule has 0 saturated heterocycles. The fourth-order valence-corrected chi connectivity index (χ4v) is 1.92. The largest absolute Gasteiger partial charge is 0.453 e. The Bertz CT molecular complexity index is 497. The third-order valence-corrected chi connectivity index (χ3v) is 2.91. The molecule has 2 aromatic rings. The fourth-order valence-electron chi connectivity index (χ4n) is 1.36. The molecule has 6 heteroatoms. The van der Waals surface area contributed by atoms with Crippen molar-refractivity contribution in [2.24, 2.45) is 0 Å². The Morgan fingerprint density at radius 2 is 2.06 bits per heavy atom. The average Bonchev–Trinajstić information content (AvgIpc) is 2.91. The summed E-state index contributed by atoms with van der Waals surface area (Å²) in [5, 5.41) is 7.83. The second-order valence-corrected chi connectivity index (χ2v) is 4.25. The summed E-state index contributed by atoms with van der Waals surface area (Å²) >= 11 is 1.57. The predicted molar refractivity (Wildman–Crippen MR) is 71.9 cm³/mol. The van der Waals surface area contributed by atoms with Gasteiger partial charge in [0.25, 0.3) is 0 Å². The summed E-state index contributed by atoms with van der Waals surface area (Å²) in [5.74, 6) is 0. The number of thiazole rings is 1. The van der Waals surface area contributed by atoms with Crippen molar-refractivity contribution in [1.29, 1.82) is 0 Å². The van der Waals surface area contributed by atoms with Crippen LogP contribution in [0.4, 0.5) is 16.2 Å². The van der Waals surface area contributed by atoms with Crippen molar-refractivity contribution < 1.29 is 9.53 Å². The van der Waals surface area contributed by atoms with Gasteiger partial charge in [0.05, 0.1) is 24.9 Å². The number of carbonyl (C=O) groups excluding carboxylic acids is 1. The van der Waals surface area contributed by atoms with Crippen LogP contribution in [0.3, 0.4) is 0 Å². The van der Waals surface area contributed by atoms with Gasteiger partial charge >= 0.3 is 6.09 Å². The minimum atomic E-state index is -0.474. The van der Waals surface area contributed by atoms with Gasteiger partial charge in [-0.2, -0.15) is 0 Å². The maximum atomic E-state index is 11.0. The minimum Gasteiger partial charge on any atom is -0.453 e. The summed E-state index contributed by atoms with van der Waals surface area (Å²) in [6.07, 6.45) is -0.474. The van der Waals surface area contributed by atoms with Gasteiger partial charge in [0.15, 0.2) is 0 Å². The van der Waals surface area contributed by atoms with Crippen LogP contribution in [0.25, 0.3) is 0 Å². The first kappa shape index (κ1) is 12.4. The van der Waals surface area contributed by atoms with E-state index in [0.29, 0.717) is 12.2 Å². The number of benzene rings is 1. The van der Waals surface area contributed by atoms with E-state index in [1.807, 2.05) is 17.5 Å². The first-order valence-electron chi connectivity index (χ1n) is 5.34. The molecule has 0 unspecified atom stereocenters. The smallest absolute Gasteiger partial charge is 0.411 e. The summed E-state index contributed by atoms with van der Waals surface area (Å²) in [7, 11) is 1.33. The highest BCUT2D eigenvalue weighted by atomic mass is 32.1. The van der Waals surface area contributed by atoms with Crippen LogP contribution >= 0.6 is 11.3 Å². The number of methoxy groups -OCH3 is 1. The number of nitrogens with one attached hydrogen (secondary N) is 2. The number of nitrogens with zero attached hydrogens (tertiary/aromatic N) is 1. The molecule has 0 radical (unpaired) electrons. The van der Waals surface area contributed by atoms with Gasteiger partial charge in [-0.1, -0.05) is 0 Å². The summed E-state index contributed by atoms with van der Waals surface area (Å²) in [6, 6.07) is 7.38. The normalized spacial score (nSPS) is 9.83. The van der Waals surface area contributed by atoms with Crippen LogP contribution < -0.4 is 10.6 Å². The lowest BCUT2D eigenvalue weighted by atomic mass is 10.3. The molecular weight excluding hydrogens is 250 g/mol. The van der Waals surface area contributed by atoms with Gasteiger partial charge in [-0.25, -0.2) is 9.78 Å². The Morgan fingerprint density at radius 1 is 1.33 bits per heavy atom. The van der Waals surface area contributed by atoms with E-state index in [2.05, 4.69) is 20.4 Å². The number of anilines is 2. The number of hydrogen-bond donors (Lipinski definition) is 2. The Kier molecular flexibility index (Phi) is 4.14. The van der Waals surface area contributed by atoms with Crippen LogP contribution in [0, 0.1) is 0 Å². The third-order valence-electron chi connectivity index (χ3n) is 2.27. The molecule has 5 nitrogen and oxygen atoms in total. The van der Waals surface area contributed by atoms with Crippen LogP contribution in [0.15, 0.2) is 35.2 Å². The number of ether oxygens (including phenoxy) is 1. The van der Waals surface area contributed by atoms with Crippen LogP contribution in [-0.4, -0.2) is 18.2 Å². The fraction of sp³-hybridized carbons (Fsp3) is 0.167. The maximum Gasteiger partial charge on any atom is 0.411 e. The lowest BCUT2D eigenvalue weighted by Crippen LogP contribution is -2.10. The van der Waals surface area contributed by atoms with Gasteiger partial charge in [-0.3, -0.25) is 5.32 Å². The van der Waals surface area contributed by atoms with Gasteiger partial charge < -0.3 is 10.1 Å². The van der Waals surface area contributed by atoms with Crippen molar-refractivity contribution in [2.45, 2.75) is 6.54 Å². The molecule has 0 atom stereocenters. The van der Waals surface area contributed by atoms with Crippen molar-refractivity contribution in [3.8, 4) is 0 Å². The van der Waals surface area contributed by atoms with Crippen LogP contribution in [-0.2, 0) is 11.3 Å². The molecule has 1 aromatic carbocycles. The highest BCUT2D eigenvalue weighted by Gasteiger charge is 2.00. The molecule has 0 bridgehead atoms. The summed E-state index contributed by atoms with van der Waals surface area (Å²) in [4.78, 5) is 15.2. The standard InChI is InChI=1S/C12H13N3O2S/c1-17-12(16)15-10-4-2-9(3-5-10)13-6-11-7-18-8-14-11/h2-5,7-8,13H,6H2,1H3,(H,15,16). The van der Waals surface area contributed by atoms with E-state index in [1.165, 1.54) is 7.11 Å². The van der Waals surface area contributed by atoms with Crippen LogP contribution in [0.1, 0.15) is 5.69 Å². The second-order valence-electron chi connectivity index (χ2n) is 3.53. The molecule has 0 spiro atoms. The van der Waals surface area contributed by atoms with Gasteiger partial charge in [-0.05, 0) is 24.3 Å². The van der Waals surface area contributed by atoms with Crippen LogP contribution in [0.2, 0.25) is 0 Å². The molecule has 2 N–H and O–H groups in total. The topological polar surface area (TPSA) is 63.2 Å². The van der Waals surface area contributed by atoms with E-state index >= 15 is 0 Å². The van der Waals surface area contributed by atoms with Crippen molar-refractivity contribution >= 4 is 28.8 Å². The van der Waals surface area contributed by atoms with Crippen molar-refractivity contribution in [3.05, 3.63) is 40.8 Å². The molecule has 0 fully saturated rings.